The van der Waals surface area contributed by atoms with Crippen molar-refractivity contribution in [3.63, 3.8) is 0 Å². The zero-order valence-corrected chi connectivity index (χ0v) is 29.6. The Kier molecular flexibility index (Phi) is 7.85. The van der Waals surface area contributed by atoms with E-state index < -0.39 is 0 Å². The van der Waals surface area contributed by atoms with E-state index in [1.807, 2.05) is 0 Å². The Balaban J connectivity index is 1.22. The van der Waals surface area contributed by atoms with Gasteiger partial charge in [0.25, 0.3) is 0 Å². The van der Waals surface area contributed by atoms with Crippen LogP contribution in [0.1, 0.15) is 0 Å². The summed E-state index contributed by atoms with van der Waals surface area (Å²) in [4.78, 5) is 2.39. The van der Waals surface area contributed by atoms with E-state index in [0.29, 0.717) is 0 Å². The molecular weight excluding hydrogens is 655 g/mol. The van der Waals surface area contributed by atoms with E-state index in [0.717, 1.165) is 60.9 Å². The van der Waals surface area contributed by atoms with Crippen molar-refractivity contribution < 1.29 is 4.42 Å². The molecule has 0 bridgehead atoms. The van der Waals surface area contributed by atoms with Crippen molar-refractivity contribution in [2.75, 3.05) is 4.90 Å². The Hall–Kier alpha value is -7.16. The fraction of sp³-hybridized carbons (Fsp3) is 0. The highest BCUT2D eigenvalue weighted by atomic mass is 16.3. The number of furan rings is 1. The van der Waals surface area contributed by atoms with Crippen molar-refractivity contribution in [3.05, 3.63) is 212 Å². The number of anilines is 3. The average molecular weight is 690 g/mol. The summed E-state index contributed by atoms with van der Waals surface area (Å²) >= 11 is 0. The molecule has 0 unspecified atom stereocenters. The lowest BCUT2D eigenvalue weighted by Crippen LogP contribution is -2.10. The molecule has 2 nitrogen and oxygen atoms in total. The van der Waals surface area contributed by atoms with Gasteiger partial charge in [-0.15, -0.1) is 0 Å². The maximum atomic E-state index is 6.88. The van der Waals surface area contributed by atoms with Gasteiger partial charge in [-0.1, -0.05) is 170 Å². The number of nitrogens with zero attached hydrogens (tertiary/aromatic N) is 1. The van der Waals surface area contributed by atoms with Crippen LogP contribution in [0.2, 0.25) is 0 Å². The summed E-state index contributed by atoms with van der Waals surface area (Å²) in [6, 6.07) is 75.8. The third-order valence-corrected chi connectivity index (χ3v) is 10.5. The SMILES string of the molecule is c1ccc(-c2ccc(N(c3ccc(-c4ccccc4)cc3)c3cc4c5cc(-c6ccccc6)c(-c6ccccc6)cc5oc4c4ccccc34)cc2)cc1. The van der Waals surface area contributed by atoms with Crippen LogP contribution in [0.15, 0.2) is 217 Å². The number of fused-ring (bicyclic) bond motifs is 5. The summed E-state index contributed by atoms with van der Waals surface area (Å²) in [6.07, 6.45) is 0. The average Bonchev–Trinajstić information content (AvgIpc) is 3.63. The van der Waals surface area contributed by atoms with Crippen molar-refractivity contribution >= 4 is 49.8 Å². The molecule has 10 aromatic rings. The van der Waals surface area contributed by atoms with Crippen LogP contribution in [-0.4, -0.2) is 0 Å². The second-order valence-corrected chi connectivity index (χ2v) is 13.7. The van der Waals surface area contributed by atoms with E-state index in [2.05, 4.69) is 217 Å². The topological polar surface area (TPSA) is 16.4 Å². The summed E-state index contributed by atoms with van der Waals surface area (Å²) in [5.74, 6) is 0. The van der Waals surface area contributed by atoms with Gasteiger partial charge in [-0.2, -0.15) is 0 Å². The molecule has 0 spiro atoms. The maximum Gasteiger partial charge on any atom is 0.143 e. The van der Waals surface area contributed by atoms with Gasteiger partial charge in [0.15, 0.2) is 0 Å². The van der Waals surface area contributed by atoms with E-state index in [9.17, 15) is 0 Å². The molecule has 0 atom stereocenters. The molecule has 0 radical (unpaired) electrons. The zero-order chi connectivity index (χ0) is 35.8. The molecule has 0 saturated carbocycles. The molecule has 0 N–H and O–H groups in total. The van der Waals surface area contributed by atoms with Gasteiger partial charge in [0, 0.05) is 32.9 Å². The molecule has 254 valence electrons. The third-order valence-electron chi connectivity index (χ3n) is 10.5. The smallest absolute Gasteiger partial charge is 0.143 e. The van der Waals surface area contributed by atoms with Crippen LogP contribution in [0.25, 0.3) is 77.2 Å². The highest BCUT2D eigenvalue weighted by molar-refractivity contribution is 6.20. The van der Waals surface area contributed by atoms with Crippen LogP contribution in [0.3, 0.4) is 0 Å². The second-order valence-electron chi connectivity index (χ2n) is 13.7. The fourth-order valence-electron chi connectivity index (χ4n) is 7.82. The Bertz CT molecular complexity index is 2800. The first-order valence-electron chi connectivity index (χ1n) is 18.4. The molecule has 2 heteroatoms. The molecule has 0 amide bonds. The molecular formula is C52H35NO. The lowest BCUT2D eigenvalue weighted by molar-refractivity contribution is 0.673. The first-order chi connectivity index (χ1) is 26.8. The number of hydrogen-bond acceptors (Lipinski definition) is 2. The minimum Gasteiger partial charge on any atom is -0.455 e. The summed E-state index contributed by atoms with van der Waals surface area (Å²) in [6.45, 7) is 0. The van der Waals surface area contributed by atoms with Crippen molar-refractivity contribution in [1.82, 2.24) is 0 Å². The molecule has 0 fully saturated rings. The van der Waals surface area contributed by atoms with Crippen molar-refractivity contribution in [2.45, 2.75) is 0 Å². The molecule has 10 rings (SSSR count). The maximum absolute atomic E-state index is 6.88. The summed E-state index contributed by atoms with van der Waals surface area (Å²) in [5.41, 5.74) is 14.4. The molecule has 1 aromatic heterocycles. The van der Waals surface area contributed by atoms with Crippen molar-refractivity contribution in [1.29, 1.82) is 0 Å². The Morgan fingerprint density at radius 1 is 0.296 bits per heavy atom. The summed E-state index contributed by atoms with van der Waals surface area (Å²) in [5, 5.41) is 4.38. The van der Waals surface area contributed by atoms with Crippen LogP contribution in [-0.2, 0) is 0 Å². The number of hydrogen-bond donors (Lipinski definition) is 0. The van der Waals surface area contributed by atoms with Crippen molar-refractivity contribution in [3.8, 4) is 44.5 Å². The lowest BCUT2D eigenvalue weighted by atomic mass is 9.92. The first kappa shape index (κ1) is 31.6. The minimum atomic E-state index is 0.872. The highest BCUT2D eigenvalue weighted by Gasteiger charge is 2.22. The van der Waals surface area contributed by atoms with E-state index in [4.69, 9.17) is 4.42 Å². The van der Waals surface area contributed by atoms with E-state index in [1.54, 1.807) is 0 Å². The molecule has 0 aliphatic rings. The van der Waals surface area contributed by atoms with Gasteiger partial charge < -0.3 is 9.32 Å². The molecule has 0 aliphatic carbocycles. The van der Waals surface area contributed by atoms with Gasteiger partial charge in [0.05, 0.1) is 5.69 Å². The van der Waals surface area contributed by atoms with Gasteiger partial charge >= 0.3 is 0 Å². The predicted molar refractivity (Wildman–Crippen MR) is 228 cm³/mol. The van der Waals surface area contributed by atoms with Crippen LogP contribution in [0.5, 0.6) is 0 Å². The van der Waals surface area contributed by atoms with E-state index in [1.165, 1.54) is 33.4 Å². The van der Waals surface area contributed by atoms with Gasteiger partial charge in [0.1, 0.15) is 11.2 Å². The van der Waals surface area contributed by atoms with Crippen molar-refractivity contribution in [2.24, 2.45) is 0 Å². The largest absolute Gasteiger partial charge is 0.455 e. The van der Waals surface area contributed by atoms with Crippen LogP contribution >= 0.6 is 0 Å². The first-order valence-corrected chi connectivity index (χ1v) is 18.4. The Morgan fingerprint density at radius 3 is 1.20 bits per heavy atom. The van der Waals surface area contributed by atoms with Gasteiger partial charge in [-0.3, -0.25) is 0 Å². The minimum absolute atomic E-state index is 0.872. The zero-order valence-electron chi connectivity index (χ0n) is 29.6. The predicted octanol–water partition coefficient (Wildman–Crippen LogP) is 14.9. The normalized spacial score (nSPS) is 11.3. The Morgan fingerprint density at radius 2 is 0.704 bits per heavy atom. The Labute approximate surface area is 314 Å². The lowest BCUT2D eigenvalue weighted by Gasteiger charge is -2.27. The van der Waals surface area contributed by atoms with E-state index in [-0.39, 0.29) is 0 Å². The second kappa shape index (κ2) is 13.4. The highest BCUT2D eigenvalue weighted by Crippen LogP contribution is 2.47. The molecule has 1 heterocycles. The molecule has 0 aliphatic heterocycles. The standard InChI is InChI=1S/C52H35NO/c1-5-15-36(16-6-1)38-25-29-42(30-26-38)53(43-31-27-39(28-32-43)37-17-7-2-8-18-37)50-34-49-48-33-46(40-19-9-3-10-20-40)47(41-21-11-4-12-22-41)35-51(48)54-52(49)45-24-14-13-23-44(45)50/h1-35H. The van der Waals surface area contributed by atoms with Crippen LogP contribution in [0.4, 0.5) is 17.1 Å². The van der Waals surface area contributed by atoms with E-state index >= 15 is 0 Å². The molecule has 9 aromatic carbocycles. The monoisotopic (exact) mass is 689 g/mol. The molecule has 54 heavy (non-hydrogen) atoms. The van der Waals surface area contributed by atoms with Gasteiger partial charge in [0.2, 0.25) is 0 Å². The summed E-state index contributed by atoms with van der Waals surface area (Å²) in [7, 11) is 0. The third kappa shape index (κ3) is 5.62. The molecule has 0 saturated heterocycles. The van der Waals surface area contributed by atoms with Gasteiger partial charge in [-0.05, 0) is 87.0 Å². The fourth-order valence-corrected chi connectivity index (χ4v) is 7.82. The van der Waals surface area contributed by atoms with Crippen LogP contribution < -0.4 is 4.90 Å². The number of benzene rings is 9. The van der Waals surface area contributed by atoms with Crippen LogP contribution in [0, 0.1) is 0 Å². The summed E-state index contributed by atoms with van der Waals surface area (Å²) < 4.78 is 6.88. The van der Waals surface area contributed by atoms with Gasteiger partial charge in [-0.25, -0.2) is 0 Å². The quantitative estimate of drug-likeness (QED) is 0.166. The number of rotatable bonds is 7.